The molecule has 19 heavy (non-hydrogen) atoms. The van der Waals surface area contributed by atoms with E-state index in [4.69, 9.17) is 0 Å². The Labute approximate surface area is 115 Å². The van der Waals surface area contributed by atoms with Gasteiger partial charge in [0, 0.05) is 36.8 Å². The lowest BCUT2D eigenvalue weighted by Gasteiger charge is -2.29. The van der Waals surface area contributed by atoms with E-state index >= 15 is 0 Å². The highest BCUT2D eigenvalue weighted by Crippen LogP contribution is 2.24. The number of fused-ring (bicyclic) bond motifs is 1. The Morgan fingerprint density at radius 1 is 1.21 bits per heavy atom. The molecule has 2 rings (SSSR count). The number of aliphatic hydroxyl groups excluding tert-OH is 1. The minimum absolute atomic E-state index is 0.0260. The second-order valence-electron chi connectivity index (χ2n) is 5.37. The highest BCUT2D eigenvalue weighted by molar-refractivity contribution is 5.79. The SMILES string of the molecule is CCC(CC)(CO)CNCc1ccc2[nH]ccc2c1. The van der Waals surface area contributed by atoms with Crippen LogP contribution in [0.4, 0.5) is 0 Å². The zero-order chi connectivity index (χ0) is 13.7. The molecule has 0 bridgehead atoms. The highest BCUT2D eigenvalue weighted by atomic mass is 16.3. The highest BCUT2D eigenvalue weighted by Gasteiger charge is 2.24. The predicted octanol–water partition coefficient (Wildman–Crippen LogP) is 3.06. The lowest BCUT2D eigenvalue weighted by Crippen LogP contribution is -2.36. The van der Waals surface area contributed by atoms with Crippen molar-refractivity contribution >= 4 is 10.9 Å². The second-order valence-corrected chi connectivity index (χ2v) is 5.37. The van der Waals surface area contributed by atoms with Crippen molar-refractivity contribution in [2.45, 2.75) is 33.2 Å². The number of benzene rings is 1. The molecule has 0 aliphatic heterocycles. The van der Waals surface area contributed by atoms with Gasteiger partial charge in [-0.05, 0) is 42.0 Å². The van der Waals surface area contributed by atoms with E-state index in [2.05, 4.69) is 48.4 Å². The van der Waals surface area contributed by atoms with Crippen LogP contribution < -0.4 is 5.32 Å². The summed E-state index contributed by atoms with van der Waals surface area (Å²) in [6.45, 7) is 6.26. The van der Waals surface area contributed by atoms with E-state index in [1.165, 1.54) is 16.5 Å². The first-order chi connectivity index (χ1) is 9.23. The Balaban J connectivity index is 1.94. The molecule has 0 aliphatic carbocycles. The van der Waals surface area contributed by atoms with E-state index in [0.717, 1.165) is 25.9 Å². The van der Waals surface area contributed by atoms with Gasteiger partial charge in [0.1, 0.15) is 0 Å². The molecule has 0 saturated carbocycles. The van der Waals surface area contributed by atoms with Gasteiger partial charge in [0.25, 0.3) is 0 Å². The topological polar surface area (TPSA) is 48.0 Å². The van der Waals surface area contributed by atoms with Gasteiger partial charge in [0.15, 0.2) is 0 Å². The molecular weight excluding hydrogens is 236 g/mol. The zero-order valence-electron chi connectivity index (χ0n) is 11.9. The molecule has 0 unspecified atom stereocenters. The number of hydrogen-bond donors (Lipinski definition) is 3. The first-order valence-corrected chi connectivity index (χ1v) is 7.10. The van der Waals surface area contributed by atoms with Crippen LogP contribution in [0.1, 0.15) is 32.3 Å². The first kappa shape index (κ1) is 14.1. The predicted molar refractivity (Wildman–Crippen MR) is 80.1 cm³/mol. The van der Waals surface area contributed by atoms with Crippen LogP contribution in [0.5, 0.6) is 0 Å². The Morgan fingerprint density at radius 2 is 2.00 bits per heavy atom. The molecular formula is C16H24N2O. The van der Waals surface area contributed by atoms with Gasteiger partial charge in [-0.3, -0.25) is 0 Å². The molecule has 1 aromatic carbocycles. The number of H-pyrrole nitrogens is 1. The van der Waals surface area contributed by atoms with Crippen molar-refractivity contribution in [1.29, 1.82) is 0 Å². The summed E-state index contributed by atoms with van der Waals surface area (Å²) in [4.78, 5) is 3.20. The van der Waals surface area contributed by atoms with E-state index in [0.29, 0.717) is 0 Å². The molecule has 0 saturated heterocycles. The lowest BCUT2D eigenvalue weighted by atomic mass is 9.83. The molecule has 3 heteroatoms. The van der Waals surface area contributed by atoms with Crippen LogP contribution >= 0.6 is 0 Å². The van der Waals surface area contributed by atoms with Gasteiger partial charge in [-0.2, -0.15) is 0 Å². The van der Waals surface area contributed by atoms with E-state index in [1.54, 1.807) is 0 Å². The second kappa shape index (κ2) is 6.22. The standard InChI is InChI=1S/C16H24N2O/c1-3-16(4-2,12-19)11-17-10-13-5-6-15-14(9-13)7-8-18-15/h5-9,17-19H,3-4,10-12H2,1-2H3. The van der Waals surface area contributed by atoms with Gasteiger partial charge in [-0.25, -0.2) is 0 Å². The van der Waals surface area contributed by atoms with Crippen molar-refractivity contribution in [3.8, 4) is 0 Å². The maximum Gasteiger partial charge on any atom is 0.0499 e. The minimum atomic E-state index is 0.0260. The Morgan fingerprint density at radius 3 is 2.68 bits per heavy atom. The fraction of sp³-hybridized carbons (Fsp3) is 0.500. The minimum Gasteiger partial charge on any atom is -0.396 e. The van der Waals surface area contributed by atoms with Crippen molar-refractivity contribution in [1.82, 2.24) is 10.3 Å². The van der Waals surface area contributed by atoms with Gasteiger partial charge < -0.3 is 15.4 Å². The molecule has 3 nitrogen and oxygen atoms in total. The molecule has 0 spiro atoms. The van der Waals surface area contributed by atoms with Crippen molar-refractivity contribution in [3.63, 3.8) is 0 Å². The average molecular weight is 260 g/mol. The van der Waals surface area contributed by atoms with Crippen molar-refractivity contribution in [3.05, 3.63) is 36.0 Å². The molecule has 104 valence electrons. The maximum absolute atomic E-state index is 9.54. The van der Waals surface area contributed by atoms with Crippen LogP contribution in [-0.2, 0) is 6.54 Å². The summed E-state index contributed by atoms with van der Waals surface area (Å²) in [5, 5.41) is 14.3. The quantitative estimate of drug-likeness (QED) is 0.716. The number of rotatable bonds is 7. The molecule has 1 aromatic heterocycles. The lowest BCUT2D eigenvalue weighted by molar-refractivity contribution is 0.113. The fourth-order valence-corrected chi connectivity index (χ4v) is 2.46. The van der Waals surface area contributed by atoms with Crippen LogP contribution in [0, 0.1) is 5.41 Å². The van der Waals surface area contributed by atoms with Gasteiger partial charge in [-0.1, -0.05) is 19.9 Å². The van der Waals surface area contributed by atoms with Gasteiger partial charge >= 0.3 is 0 Å². The van der Waals surface area contributed by atoms with E-state index < -0.39 is 0 Å². The monoisotopic (exact) mass is 260 g/mol. The maximum atomic E-state index is 9.54. The van der Waals surface area contributed by atoms with E-state index in [9.17, 15) is 5.11 Å². The molecule has 0 radical (unpaired) electrons. The average Bonchev–Trinajstić information content (AvgIpc) is 2.92. The van der Waals surface area contributed by atoms with Crippen LogP contribution in [0.2, 0.25) is 0 Å². The normalized spacial score (nSPS) is 12.2. The smallest absolute Gasteiger partial charge is 0.0499 e. The van der Waals surface area contributed by atoms with Gasteiger partial charge in [0.2, 0.25) is 0 Å². The fourth-order valence-electron chi connectivity index (χ4n) is 2.46. The number of nitrogens with one attached hydrogen (secondary N) is 2. The van der Waals surface area contributed by atoms with Crippen LogP contribution in [0.15, 0.2) is 30.5 Å². The van der Waals surface area contributed by atoms with Crippen LogP contribution in [0.3, 0.4) is 0 Å². The zero-order valence-corrected chi connectivity index (χ0v) is 11.9. The number of aromatic amines is 1. The molecule has 0 amide bonds. The third-order valence-corrected chi connectivity index (χ3v) is 4.28. The van der Waals surface area contributed by atoms with Crippen molar-refractivity contribution < 1.29 is 5.11 Å². The molecule has 0 fully saturated rings. The van der Waals surface area contributed by atoms with E-state index in [1.807, 2.05) is 6.20 Å². The third kappa shape index (κ3) is 3.17. The summed E-state index contributed by atoms with van der Waals surface area (Å²) in [7, 11) is 0. The number of aliphatic hydroxyl groups is 1. The largest absolute Gasteiger partial charge is 0.396 e. The number of hydrogen-bond acceptors (Lipinski definition) is 2. The molecule has 2 aromatic rings. The van der Waals surface area contributed by atoms with Crippen LogP contribution in [0.25, 0.3) is 10.9 Å². The summed E-state index contributed by atoms with van der Waals surface area (Å²) < 4.78 is 0. The summed E-state index contributed by atoms with van der Waals surface area (Å²) in [6, 6.07) is 8.56. The summed E-state index contributed by atoms with van der Waals surface area (Å²) in [5.41, 5.74) is 2.49. The summed E-state index contributed by atoms with van der Waals surface area (Å²) in [5.74, 6) is 0. The van der Waals surface area contributed by atoms with Gasteiger partial charge in [0.05, 0.1) is 0 Å². The molecule has 3 N–H and O–H groups in total. The summed E-state index contributed by atoms with van der Waals surface area (Å²) >= 11 is 0. The Hall–Kier alpha value is -1.32. The molecule has 0 atom stereocenters. The van der Waals surface area contributed by atoms with E-state index in [-0.39, 0.29) is 12.0 Å². The molecule has 1 heterocycles. The first-order valence-electron chi connectivity index (χ1n) is 7.10. The van der Waals surface area contributed by atoms with Crippen LogP contribution in [-0.4, -0.2) is 23.2 Å². The third-order valence-electron chi connectivity index (χ3n) is 4.28. The Bertz CT molecular complexity index is 506. The van der Waals surface area contributed by atoms with Crippen molar-refractivity contribution in [2.75, 3.05) is 13.2 Å². The Kier molecular flexibility index (Phi) is 4.61. The van der Waals surface area contributed by atoms with Gasteiger partial charge in [-0.15, -0.1) is 0 Å². The number of aromatic nitrogens is 1. The summed E-state index contributed by atoms with van der Waals surface area (Å²) in [6.07, 6.45) is 3.97. The van der Waals surface area contributed by atoms with Crippen molar-refractivity contribution in [2.24, 2.45) is 5.41 Å². The molecule has 0 aliphatic rings.